The predicted molar refractivity (Wildman–Crippen MR) is 98.2 cm³/mol. The molecule has 1 aromatic carbocycles. The largest absolute Gasteiger partial charge is 0.485 e. The Bertz CT molecular complexity index is 621. The van der Waals surface area contributed by atoms with E-state index in [4.69, 9.17) is 15.2 Å². The van der Waals surface area contributed by atoms with Crippen molar-refractivity contribution in [3.05, 3.63) is 47.9 Å². The summed E-state index contributed by atoms with van der Waals surface area (Å²) in [4.78, 5) is 18.1. The average molecular weight is 345 g/mol. The summed E-state index contributed by atoms with van der Waals surface area (Å²) in [5.74, 6) is 0.506. The lowest BCUT2D eigenvalue weighted by Gasteiger charge is -2.24. The summed E-state index contributed by atoms with van der Waals surface area (Å²) in [6.07, 6.45) is 3.34. The Labute approximate surface area is 149 Å². The van der Waals surface area contributed by atoms with E-state index < -0.39 is 5.60 Å². The number of rotatable bonds is 5. The van der Waals surface area contributed by atoms with Crippen LogP contribution in [0, 0.1) is 0 Å². The van der Waals surface area contributed by atoms with Crippen molar-refractivity contribution in [2.24, 2.45) is 10.7 Å². The van der Waals surface area contributed by atoms with E-state index in [1.807, 2.05) is 51.1 Å². The molecular formula is C19H27N3O3. The molecule has 1 saturated heterocycles. The average Bonchev–Trinajstić information content (AvgIpc) is 3.02. The maximum absolute atomic E-state index is 12.1. The van der Waals surface area contributed by atoms with Crippen LogP contribution in [0.5, 0.6) is 0 Å². The Morgan fingerprint density at radius 1 is 1.36 bits per heavy atom. The van der Waals surface area contributed by atoms with E-state index in [0.29, 0.717) is 25.4 Å². The number of hydrogen-bond acceptors (Lipinski definition) is 5. The van der Waals surface area contributed by atoms with Gasteiger partial charge in [-0.25, -0.2) is 4.79 Å². The molecule has 1 amide bonds. The first-order valence-electron chi connectivity index (χ1n) is 8.47. The zero-order valence-corrected chi connectivity index (χ0v) is 15.1. The van der Waals surface area contributed by atoms with Crippen LogP contribution in [-0.2, 0) is 16.0 Å². The molecule has 1 unspecified atom stereocenters. The van der Waals surface area contributed by atoms with Crippen molar-refractivity contribution >= 4 is 12.3 Å². The normalized spacial score (nSPS) is 18.6. The van der Waals surface area contributed by atoms with Gasteiger partial charge in [0.15, 0.2) is 5.76 Å². The van der Waals surface area contributed by atoms with E-state index in [1.54, 1.807) is 11.1 Å². The number of nitrogens with two attached hydrogens (primary N) is 1. The van der Waals surface area contributed by atoms with Crippen LogP contribution in [0.4, 0.5) is 4.79 Å². The monoisotopic (exact) mass is 345 g/mol. The van der Waals surface area contributed by atoms with Crippen LogP contribution in [0.25, 0.3) is 0 Å². The van der Waals surface area contributed by atoms with Gasteiger partial charge in [-0.3, -0.25) is 4.99 Å². The number of likely N-dealkylation sites (tertiary alicyclic amines) is 1. The maximum atomic E-state index is 12.1. The molecular weight excluding hydrogens is 318 g/mol. The highest BCUT2D eigenvalue weighted by Gasteiger charge is 2.30. The standard InChI is InChI=1S/C19H27N3O3/c1-19(2,3)25-18(23)22-10-9-16(14-22)24-17(11-20)13-21-12-15-7-5-4-6-8-15/h4-8,11,13,16H,9-10,12,14,20H2,1-3H3. The third kappa shape index (κ3) is 6.49. The fourth-order valence-corrected chi connectivity index (χ4v) is 2.45. The van der Waals surface area contributed by atoms with Crippen LogP contribution in [0.15, 0.2) is 47.3 Å². The lowest BCUT2D eigenvalue weighted by molar-refractivity contribution is 0.0262. The molecule has 0 aromatic heterocycles. The van der Waals surface area contributed by atoms with E-state index in [2.05, 4.69) is 4.99 Å². The Hall–Kier alpha value is -2.50. The lowest BCUT2D eigenvalue weighted by Crippen LogP contribution is -2.36. The zero-order chi connectivity index (χ0) is 18.3. The smallest absolute Gasteiger partial charge is 0.410 e. The first-order chi connectivity index (χ1) is 11.9. The number of carbonyl (C=O) groups excluding carboxylic acids is 1. The Balaban J connectivity index is 1.81. The molecule has 0 spiro atoms. The van der Waals surface area contributed by atoms with E-state index in [1.165, 1.54) is 6.20 Å². The highest BCUT2D eigenvalue weighted by molar-refractivity contribution is 5.75. The lowest BCUT2D eigenvalue weighted by atomic mass is 10.2. The number of benzene rings is 1. The third-order valence-electron chi connectivity index (χ3n) is 3.60. The molecule has 1 aromatic rings. The van der Waals surface area contributed by atoms with Crippen LogP contribution in [0.2, 0.25) is 0 Å². The minimum Gasteiger partial charge on any atom is -0.485 e. The Kier molecular flexibility index (Phi) is 6.44. The molecule has 6 heteroatoms. The van der Waals surface area contributed by atoms with E-state index >= 15 is 0 Å². The molecule has 0 radical (unpaired) electrons. The van der Waals surface area contributed by atoms with Crippen LogP contribution in [-0.4, -0.2) is 42.0 Å². The second-order valence-electron chi connectivity index (χ2n) is 6.98. The summed E-state index contributed by atoms with van der Waals surface area (Å²) in [6, 6.07) is 9.95. The van der Waals surface area contributed by atoms with Gasteiger partial charge in [-0.1, -0.05) is 30.3 Å². The Morgan fingerprint density at radius 2 is 2.08 bits per heavy atom. The van der Waals surface area contributed by atoms with Gasteiger partial charge in [0.1, 0.15) is 11.7 Å². The fourth-order valence-electron chi connectivity index (χ4n) is 2.45. The van der Waals surface area contributed by atoms with Crippen molar-refractivity contribution in [3.8, 4) is 0 Å². The van der Waals surface area contributed by atoms with Crippen molar-refractivity contribution in [2.75, 3.05) is 13.1 Å². The van der Waals surface area contributed by atoms with E-state index in [0.717, 1.165) is 12.0 Å². The highest BCUT2D eigenvalue weighted by atomic mass is 16.6. The van der Waals surface area contributed by atoms with Crippen LogP contribution in [0.1, 0.15) is 32.8 Å². The van der Waals surface area contributed by atoms with Gasteiger partial charge in [0.05, 0.1) is 19.3 Å². The van der Waals surface area contributed by atoms with E-state index in [9.17, 15) is 4.79 Å². The molecule has 25 heavy (non-hydrogen) atoms. The van der Waals surface area contributed by atoms with Crippen molar-refractivity contribution in [2.45, 2.75) is 45.4 Å². The second-order valence-corrected chi connectivity index (χ2v) is 6.98. The number of carbonyl (C=O) groups is 1. The molecule has 2 N–H and O–H groups in total. The number of amides is 1. The number of hydrogen-bond donors (Lipinski definition) is 1. The molecule has 0 bridgehead atoms. The van der Waals surface area contributed by atoms with E-state index in [-0.39, 0.29) is 12.2 Å². The van der Waals surface area contributed by atoms with Crippen molar-refractivity contribution < 1.29 is 14.3 Å². The third-order valence-corrected chi connectivity index (χ3v) is 3.60. The second kappa shape index (κ2) is 8.55. The summed E-state index contributed by atoms with van der Waals surface area (Å²) in [5.41, 5.74) is 6.24. The van der Waals surface area contributed by atoms with Gasteiger partial charge < -0.3 is 20.1 Å². The summed E-state index contributed by atoms with van der Waals surface area (Å²) in [5, 5.41) is 0. The SMILES string of the molecule is CC(C)(C)OC(=O)N1CCC(OC(C=NCc2ccccc2)=CN)C1. The Morgan fingerprint density at radius 3 is 2.72 bits per heavy atom. The molecule has 6 nitrogen and oxygen atoms in total. The molecule has 0 saturated carbocycles. The van der Waals surface area contributed by atoms with Gasteiger partial charge in [0.2, 0.25) is 0 Å². The zero-order valence-electron chi connectivity index (χ0n) is 15.1. The molecule has 1 fully saturated rings. The van der Waals surface area contributed by atoms with Crippen LogP contribution >= 0.6 is 0 Å². The number of allylic oxidation sites excluding steroid dienone is 1. The first kappa shape index (κ1) is 18.8. The van der Waals surface area contributed by atoms with Gasteiger partial charge >= 0.3 is 6.09 Å². The number of ether oxygens (including phenoxy) is 2. The first-order valence-corrected chi connectivity index (χ1v) is 8.47. The quantitative estimate of drug-likeness (QED) is 0.657. The highest BCUT2D eigenvalue weighted by Crippen LogP contribution is 2.18. The molecule has 1 aliphatic heterocycles. The summed E-state index contributed by atoms with van der Waals surface area (Å²) < 4.78 is 11.2. The van der Waals surface area contributed by atoms with Gasteiger partial charge in [-0.15, -0.1) is 0 Å². The molecule has 1 atom stereocenters. The molecule has 1 heterocycles. The van der Waals surface area contributed by atoms with Gasteiger partial charge in [0, 0.05) is 19.2 Å². The van der Waals surface area contributed by atoms with Crippen molar-refractivity contribution in [3.63, 3.8) is 0 Å². The fraction of sp³-hybridized carbons (Fsp3) is 0.474. The van der Waals surface area contributed by atoms with Gasteiger partial charge in [-0.2, -0.15) is 0 Å². The number of aliphatic imine (C=N–C) groups is 1. The van der Waals surface area contributed by atoms with Crippen LogP contribution < -0.4 is 5.73 Å². The molecule has 0 aliphatic carbocycles. The summed E-state index contributed by atoms with van der Waals surface area (Å²) in [6.45, 7) is 7.22. The minimum absolute atomic E-state index is 0.106. The molecule has 1 aliphatic rings. The van der Waals surface area contributed by atoms with Crippen molar-refractivity contribution in [1.82, 2.24) is 4.90 Å². The summed E-state index contributed by atoms with van der Waals surface area (Å²) >= 11 is 0. The van der Waals surface area contributed by atoms with Gasteiger partial charge in [0.25, 0.3) is 0 Å². The number of nitrogens with zero attached hydrogens (tertiary/aromatic N) is 2. The maximum Gasteiger partial charge on any atom is 0.410 e. The molecule has 2 rings (SSSR count). The van der Waals surface area contributed by atoms with Crippen LogP contribution in [0.3, 0.4) is 0 Å². The topological polar surface area (TPSA) is 77.1 Å². The molecule has 136 valence electrons. The summed E-state index contributed by atoms with van der Waals surface area (Å²) in [7, 11) is 0. The van der Waals surface area contributed by atoms with Gasteiger partial charge in [-0.05, 0) is 26.3 Å². The van der Waals surface area contributed by atoms with Crippen molar-refractivity contribution in [1.29, 1.82) is 0 Å². The predicted octanol–water partition coefficient (Wildman–Crippen LogP) is 3.08. The minimum atomic E-state index is -0.498.